The number of aromatic nitrogens is 2. The SMILES string of the molecule is NC(=S)C1(c2cncc(I)c2)C[C@@H]2C=C[C@@H](C2)C1.NC(=S)C1(c2cncc(I)c2)C[C@H]2C=C[C@@H](C1)N2CC(F)F. The van der Waals surface area contributed by atoms with Crippen LogP contribution in [0.2, 0.25) is 0 Å². The Morgan fingerprint density at radius 3 is 1.68 bits per heavy atom. The summed E-state index contributed by atoms with van der Waals surface area (Å²) < 4.78 is 27.7. The van der Waals surface area contributed by atoms with Gasteiger partial charge in [-0.25, -0.2) is 8.78 Å². The molecule has 4 aliphatic rings. The van der Waals surface area contributed by atoms with Crippen LogP contribution < -0.4 is 11.5 Å². The number of piperidine rings is 1. The first-order chi connectivity index (χ1) is 19.0. The first-order valence-electron chi connectivity index (χ1n) is 13.2. The van der Waals surface area contributed by atoms with Gasteiger partial charge in [-0.15, -0.1) is 0 Å². The molecule has 4 heterocycles. The number of hydrogen-bond acceptors (Lipinski definition) is 5. The van der Waals surface area contributed by atoms with E-state index < -0.39 is 11.8 Å². The maximum Gasteiger partial charge on any atom is 0.251 e. The lowest BCUT2D eigenvalue weighted by molar-refractivity contribution is 0.0399. The fraction of sp³-hybridized carbons (Fsp3) is 0.448. The van der Waals surface area contributed by atoms with Crippen molar-refractivity contribution < 1.29 is 8.78 Å². The molecule has 2 fully saturated rings. The molecule has 1 saturated heterocycles. The summed E-state index contributed by atoms with van der Waals surface area (Å²) in [5.74, 6) is 1.26. The van der Waals surface area contributed by atoms with E-state index in [1.165, 1.54) is 12.0 Å². The number of pyridine rings is 2. The van der Waals surface area contributed by atoms with Crippen LogP contribution in [0.25, 0.3) is 0 Å². The zero-order valence-electron chi connectivity index (χ0n) is 21.7. The van der Waals surface area contributed by atoms with E-state index in [4.69, 9.17) is 35.9 Å². The number of nitrogens with zero attached hydrogens (tertiary/aromatic N) is 3. The van der Waals surface area contributed by atoms with Gasteiger partial charge in [-0.1, -0.05) is 48.7 Å². The van der Waals surface area contributed by atoms with Gasteiger partial charge in [-0.3, -0.25) is 14.9 Å². The van der Waals surface area contributed by atoms with Crippen LogP contribution in [0.5, 0.6) is 0 Å². The van der Waals surface area contributed by atoms with E-state index in [1.807, 2.05) is 35.5 Å². The average molecular weight is 806 g/mol. The van der Waals surface area contributed by atoms with E-state index >= 15 is 0 Å². The van der Waals surface area contributed by atoms with Gasteiger partial charge >= 0.3 is 0 Å². The third-order valence-corrected chi connectivity index (χ3v) is 10.8. The largest absolute Gasteiger partial charge is 0.393 e. The summed E-state index contributed by atoms with van der Waals surface area (Å²) >= 11 is 15.3. The van der Waals surface area contributed by atoms with Gasteiger partial charge in [0.25, 0.3) is 6.43 Å². The van der Waals surface area contributed by atoms with E-state index in [1.54, 1.807) is 12.4 Å². The molecule has 0 amide bonds. The third kappa shape index (κ3) is 6.00. The Hall–Kier alpha value is -1.16. The van der Waals surface area contributed by atoms with Crippen molar-refractivity contribution in [1.29, 1.82) is 0 Å². The fourth-order valence-electron chi connectivity index (χ4n) is 6.97. The molecular formula is C29H31F2I2N5S2. The lowest BCUT2D eigenvalue weighted by atomic mass is 9.65. The van der Waals surface area contributed by atoms with Crippen molar-refractivity contribution in [3.8, 4) is 0 Å². The van der Waals surface area contributed by atoms with Crippen LogP contribution in [0.1, 0.15) is 43.2 Å². The number of thiocarbonyl (C=S) groups is 2. The van der Waals surface area contributed by atoms with Crippen LogP contribution in [0.4, 0.5) is 8.78 Å². The van der Waals surface area contributed by atoms with Crippen molar-refractivity contribution >= 4 is 79.6 Å². The molecule has 5 nitrogen and oxygen atoms in total. The average Bonchev–Trinajstić information content (AvgIpc) is 3.35. The maximum atomic E-state index is 12.8. The van der Waals surface area contributed by atoms with Gasteiger partial charge in [0, 0.05) is 49.4 Å². The fourth-order valence-corrected chi connectivity index (χ4v) is 8.53. The molecular weight excluding hydrogens is 774 g/mol. The Balaban J connectivity index is 0.000000164. The Morgan fingerprint density at radius 1 is 0.825 bits per heavy atom. The molecule has 2 aliphatic carbocycles. The van der Waals surface area contributed by atoms with Crippen molar-refractivity contribution in [3.05, 3.63) is 79.5 Å². The molecule has 0 aromatic carbocycles. The van der Waals surface area contributed by atoms with Gasteiger partial charge in [0.2, 0.25) is 0 Å². The van der Waals surface area contributed by atoms with Crippen molar-refractivity contribution in [2.24, 2.45) is 23.3 Å². The van der Waals surface area contributed by atoms with Gasteiger partial charge in [0.15, 0.2) is 0 Å². The summed E-state index contributed by atoms with van der Waals surface area (Å²) in [5.41, 5.74) is 13.8. The minimum absolute atomic E-state index is 0.0490. The number of fused-ring (bicyclic) bond motifs is 4. The molecule has 2 aliphatic heterocycles. The van der Waals surface area contributed by atoms with Crippen molar-refractivity contribution in [2.45, 2.75) is 61.4 Å². The molecule has 0 radical (unpaired) electrons. The third-order valence-electron chi connectivity index (χ3n) is 8.81. The highest BCUT2D eigenvalue weighted by Gasteiger charge is 2.49. The van der Waals surface area contributed by atoms with Gasteiger partial charge in [-0.2, -0.15) is 0 Å². The highest BCUT2D eigenvalue weighted by atomic mass is 127. The van der Waals surface area contributed by atoms with Gasteiger partial charge in [0.1, 0.15) is 0 Å². The Labute approximate surface area is 271 Å². The maximum absolute atomic E-state index is 12.8. The topological polar surface area (TPSA) is 81.1 Å². The number of halogens is 4. The van der Waals surface area contributed by atoms with Crippen molar-refractivity contribution in [1.82, 2.24) is 14.9 Å². The molecule has 2 aromatic heterocycles. The Morgan fingerprint density at radius 2 is 1.27 bits per heavy atom. The highest BCUT2D eigenvalue weighted by Crippen LogP contribution is 2.49. The van der Waals surface area contributed by atoms with E-state index in [0.717, 1.165) is 25.5 Å². The predicted octanol–water partition coefficient (Wildman–Crippen LogP) is 6.07. The van der Waals surface area contributed by atoms with Crippen LogP contribution in [0.15, 0.2) is 61.2 Å². The number of hydrogen-bond donors (Lipinski definition) is 2. The standard InChI is InChI=1S/C15H16F2IN3S.C14H15IN2S/c16-13(17)8-21-11-1-2-12(21)5-15(4-11,14(19)22)9-3-10(18)7-20-6-9;15-12-4-11(7-17-8-12)14(13(16)18)5-9-1-2-10(3-9)6-14/h1-3,6-7,11-13H,4-5,8H2,(H2,19,22);1-2,4,7-10H,3,5-6H2,(H2,16,18)/t11-,12+,15?;9-,10+,14?. The van der Waals surface area contributed by atoms with E-state index in [9.17, 15) is 8.78 Å². The van der Waals surface area contributed by atoms with Crippen molar-refractivity contribution in [3.63, 3.8) is 0 Å². The van der Waals surface area contributed by atoms with E-state index in [0.29, 0.717) is 34.7 Å². The first-order valence-corrected chi connectivity index (χ1v) is 16.2. The van der Waals surface area contributed by atoms with Crippen LogP contribution in [0, 0.1) is 19.0 Å². The summed E-state index contributed by atoms with van der Waals surface area (Å²) in [5, 5.41) is 0. The Bertz CT molecular complexity index is 1320. The number of allylic oxidation sites excluding steroid dienone is 2. The zero-order chi connectivity index (χ0) is 28.7. The lowest BCUT2D eigenvalue weighted by Gasteiger charge is -2.46. The minimum Gasteiger partial charge on any atom is -0.393 e. The molecule has 4 N–H and O–H groups in total. The molecule has 0 spiro atoms. The second kappa shape index (κ2) is 12.2. The molecule has 6 rings (SSSR count). The summed E-state index contributed by atoms with van der Waals surface area (Å²) in [6, 6.07) is 4.12. The summed E-state index contributed by atoms with van der Waals surface area (Å²) in [6.07, 6.45) is 18.3. The monoisotopic (exact) mass is 805 g/mol. The normalized spacial score (nSPS) is 32.1. The molecule has 212 valence electrons. The molecule has 11 heteroatoms. The van der Waals surface area contributed by atoms with Crippen LogP contribution in [-0.4, -0.2) is 49.9 Å². The van der Waals surface area contributed by atoms with Gasteiger partial charge in [0.05, 0.1) is 21.9 Å². The predicted molar refractivity (Wildman–Crippen MR) is 179 cm³/mol. The van der Waals surface area contributed by atoms with Crippen LogP contribution in [-0.2, 0) is 10.8 Å². The molecule has 6 atom stereocenters. The molecule has 40 heavy (non-hydrogen) atoms. The quantitative estimate of drug-likeness (QED) is 0.209. The van der Waals surface area contributed by atoms with Crippen LogP contribution in [0.3, 0.4) is 0 Å². The molecule has 2 unspecified atom stereocenters. The molecule has 4 bridgehead atoms. The van der Waals surface area contributed by atoms with Crippen molar-refractivity contribution in [2.75, 3.05) is 6.54 Å². The first kappa shape index (κ1) is 30.3. The number of alkyl halides is 2. The molecule has 2 aromatic rings. The second-order valence-electron chi connectivity index (χ2n) is 11.2. The molecule has 1 saturated carbocycles. The van der Waals surface area contributed by atoms with Gasteiger partial charge < -0.3 is 11.5 Å². The summed E-state index contributed by atoms with van der Waals surface area (Å²) in [6.45, 7) is -0.208. The number of nitrogens with two attached hydrogens (primary N) is 2. The Kier molecular flexibility index (Phi) is 9.25. The minimum atomic E-state index is -2.33. The second-order valence-corrected chi connectivity index (χ2v) is 14.6. The van der Waals surface area contributed by atoms with E-state index in [-0.39, 0.29) is 24.0 Å². The number of rotatable bonds is 6. The highest BCUT2D eigenvalue weighted by molar-refractivity contribution is 14.1. The zero-order valence-corrected chi connectivity index (χ0v) is 27.7. The summed E-state index contributed by atoms with van der Waals surface area (Å²) in [7, 11) is 0. The smallest absolute Gasteiger partial charge is 0.251 e. The van der Waals surface area contributed by atoms with Gasteiger partial charge in [-0.05, 0) is 112 Å². The van der Waals surface area contributed by atoms with E-state index in [2.05, 4.69) is 73.4 Å². The van der Waals surface area contributed by atoms with Crippen LogP contribution >= 0.6 is 69.6 Å². The lowest BCUT2D eigenvalue weighted by Crippen LogP contribution is -2.55. The summed E-state index contributed by atoms with van der Waals surface area (Å²) in [4.78, 5) is 11.5.